The molecule has 0 saturated heterocycles. The average molecular weight is 282 g/mol. The van der Waals surface area contributed by atoms with Gasteiger partial charge in [-0.2, -0.15) is 0 Å². The van der Waals surface area contributed by atoms with Crippen LogP contribution < -0.4 is 10.6 Å². The predicted octanol–water partition coefficient (Wildman–Crippen LogP) is 4.35. The second-order valence-corrected chi connectivity index (χ2v) is 5.73. The number of hydrogen-bond donors (Lipinski definition) is 2. The summed E-state index contributed by atoms with van der Waals surface area (Å²) in [4.78, 5) is 12.5. The van der Waals surface area contributed by atoms with E-state index in [-0.39, 0.29) is 11.4 Å². The number of benzene rings is 2. The molecule has 0 atom stereocenters. The van der Waals surface area contributed by atoms with Gasteiger partial charge in [-0.3, -0.25) is 4.79 Å². The van der Waals surface area contributed by atoms with Crippen LogP contribution in [0.5, 0.6) is 0 Å². The minimum atomic E-state index is -0.211. The lowest BCUT2D eigenvalue weighted by Gasteiger charge is -2.25. The number of nitrogens with one attached hydrogen (secondary N) is 2. The first-order chi connectivity index (χ1) is 10.0. The first-order valence-electron chi connectivity index (χ1n) is 7.25. The quantitative estimate of drug-likeness (QED) is 0.856. The van der Waals surface area contributed by atoms with Gasteiger partial charge in [-0.1, -0.05) is 37.3 Å². The lowest BCUT2D eigenvalue weighted by molar-refractivity contribution is 0.0912. The van der Waals surface area contributed by atoms with Crippen molar-refractivity contribution in [2.75, 3.05) is 5.32 Å². The summed E-state index contributed by atoms with van der Waals surface area (Å²) in [5.41, 5.74) is 2.22. The third kappa shape index (κ3) is 4.09. The minimum Gasteiger partial charge on any atom is -0.355 e. The Morgan fingerprint density at radius 1 is 1.00 bits per heavy atom. The van der Waals surface area contributed by atoms with E-state index in [2.05, 4.69) is 17.6 Å². The van der Waals surface area contributed by atoms with E-state index in [0.29, 0.717) is 5.56 Å². The highest BCUT2D eigenvalue weighted by molar-refractivity contribution is 6.00. The normalized spacial score (nSPS) is 11.0. The molecular formula is C18H22N2O. The monoisotopic (exact) mass is 282 g/mol. The predicted molar refractivity (Wildman–Crippen MR) is 88.0 cm³/mol. The van der Waals surface area contributed by atoms with Gasteiger partial charge < -0.3 is 10.6 Å². The summed E-state index contributed by atoms with van der Waals surface area (Å²) < 4.78 is 0. The fraction of sp³-hybridized carbons (Fsp3) is 0.278. The van der Waals surface area contributed by atoms with E-state index in [0.717, 1.165) is 17.8 Å². The van der Waals surface area contributed by atoms with E-state index in [9.17, 15) is 4.79 Å². The van der Waals surface area contributed by atoms with Crippen molar-refractivity contribution >= 4 is 17.3 Å². The van der Waals surface area contributed by atoms with E-state index in [1.165, 1.54) is 0 Å². The van der Waals surface area contributed by atoms with Gasteiger partial charge >= 0.3 is 0 Å². The highest BCUT2D eigenvalue weighted by Crippen LogP contribution is 2.21. The fourth-order valence-corrected chi connectivity index (χ4v) is 1.93. The molecule has 0 radical (unpaired) electrons. The van der Waals surface area contributed by atoms with Crippen molar-refractivity contribution in [3.8, 4) is 0 Å². The van der Waals surface area contributed by atoms with Crippen LogP contribution in [0.15, 0.2) is 54.6 Å². The highest BCUT2D eigenvalue weighted by atomic mass is 16.1. The first-order valence-corrected chi connectivity index (χ1v) is 7.25. The van der Waals surface area contributed by atoms with Crippen molar-refractivity contribution in [3.63, 3.8) is 0 Å². The lowest BCUT2D eigenvalue weighted by Crippen LogP contribution is -2.42. The van der Waals surface area contributed by atoms with E-state index < -0.39 is 0 Å². The number of hydrogen-bond acceptors (Lipinski definition) is 2. The molecule has 2 rings (SSSR count). The molecule has 1 amide bonds. The number of anilines is 2. The molecule has 2 aromatic carbocycles. The molecule has 0 saturated carbocycles. The SMILES string of the molecule is CCC(C)(C)NC(=O)c1ccccc1Nc1ccccc1. The maximum atomic E-state index is 12.5. The fourth-order valence-electron chi connectivity index (χ4n) is 1.93. The first kappa shape index (κ1) is 15.1. The summed E-state index contributed by atoms with van der Waals surface area (Å²) in [6.45, 7) is 6.12. The average Bonchev–Trinajstić information content (AvgIpc) is 2.48. The number of amides is 1. The Balaban J connectivity index is 2.23. The van der Waals surface area contributed by atoms with Crippen molar-refractivity contribution in [1.82, 2.24) is 5.32 Å². The Labute approximate surface area is 126 Å². The lowest BCUT2D eigenvalue weighted by atomic mass is 10.0. The van der Waals surface area contributed by atoms with E-state index >= 15 is 0 Å². The Kier molecular flexibility index (Phi) is 4.63. The molecular weight excluding hydrogens is 260 g/mol. The third-order valence-electron chi connectivity index (χ3n) is 3.56. The summed E-state index contributed by atoms with van der Waals surface area (Å²) in [7, 11) is 0. The molecule has 3 heteroatoms. The van der Waals surface area contributed by atoms with Gasteiger partial charge in [0.25, 0.3) is 5.91 Å². The summed E-state index contributed by atoms with van der Waals surface area (Å²) >= 11 is 0. The summed E-state index contributed by atoms with van der Waals surface area (Å²) in [5.74, 6) is -0.0547. The molecule has 0 bridgehead atoms. The van der Waals surface area contributed by atoms with Crippen LogP contribution in [0.4, 0.5) is 11.4 Å². The summed E-state index contributed by atoms with van der Waals surface area (Å²) in [6.07, 6.45) is 0.882. The van der Waals surface area contributed by atoms with Gasteiger partial charge in [0.15, 0.2) is 0 Å². The van der Waals surface area contributed by atoms with E-state index in [1.54, 1.807) is 0 Å². The van der Waals surface area contributed by atoms with Crippen LogP contribution >= 0.6 is 0 Å². The van der Waals surface area contributed by atoms with Crippen LogP contribution in [0.25, 0.3) is 0 Å². The third-order valence-corrected chi connectivity index (χ3v) is 3.56. The molecule has 2 N–H and O–H groups in total. The number of para-hydroxylation sites is 2. The minimum absolute atomic E-state index is 0.0547. The van der Waals surface area contributed by atoms with Crippen LogP contribution in [0, 0.1) is 0 Å². The van der Waals surface area contributed by atoms with E-state index in [1.807, 2.05) is 68.4 Å². The van der Waals surface area contributed by atoms with Crippen LogP contribution in [0.2, 0.25) is 0 Å². The van der Waals surface area contributed by atoms with Crippen molar-refractivity contribution in [2.24, 2.45) is 0 Å². The summed E-state index contributed by atoms with van der Waals surface area (Å²) in [6, 6.07) is 17.4. The maximum absolute atomic E-state index is 12.5. The Bertz CT molecular complexity index is 606. The van der Waals surface area contributed by atoms with Crippen LogP contribution in [0.3, 0.4) is 0 Å². The van der Waals surface area contributed by atoms with Gasteiger partial charge in [-0.25, -0.2) is 0 Å². The van der Waals surface area contributed by atoms with Crippen LogP contribution in [-0.4, -0.2) is 11.4 Å². The van der Waals surface area contributed by atoms with Crippen molar-refractivity contribution in [2.45, 2.75) is 32.7 Å². The molecule has 2 aromatic rings. The van der Waals surface area contributed by atoms with Crippen LogP contribution in [0.1, 0.15) is 37.6 Å². The van der Waals surface area contributed by atoms with Gasteiger partial charge in [0.2, 0.25) is 0 Å². The number of carbonyl (C=O) groups excluding carboxylic acids is 1. The zero-order valence-electron chi connectivity index (χ0n) is 12.8. The molecule has 0 aromatic heterocycles. The van der Waals surface area contributed by atoms with Gasteiger partial charge in [-0.15, -0.1) is 0 Å². The van der Waals surface area contributed by atoms with Crippen molar-refractivity contribution in [1.29, 1.82) is 0 Å². The zero-order valence-corrected chi connectivity index (χ0v) is 12.8. The highest BCUT2D eigenvalue weighted by Gasteiger charge is 2.20. The van der Waals surface area contributed by atoms with Gasteiger partial charge in [0.1, 0.15) is 0 Å². The van der Waals surface area contributed by atoms with Crippen LogP contribution in [-0.2, 0) is 0 Å². The smallest absolute Gasteiger partial charge is 0.253 e. The van der Waals surface area contributed by atoms with Gasteiger partial charge in [0.05, 0.1) is 11.3 Å². The molecule has 0 heterocycles. The summed E-state index contributed by atoms with van der Waals surface area (Å²) in [5, 5.41) is 6.37. The van der Waals surface area contributed by atoms with Gasteiger partial charge in [-0.05, 0) is 44.5 Å². The second kappa shape index (κ2) is 6.44. The molecule has 0 unspecified atom stereocenters. The molecule has 0 fully saturated rings. The Morgan fingerprint density at radius 2 is 1.62 bits per heavy atom. The van der Waals surface area contributed by atoms with Crippen molar-refractivity contribution < 1.29 is 4.79 Å². The Hall–Kier alpha value is -2.29. The maximum Gasteiger partial charge on any atom is 0.253 e. The van der Waals surface area contributed by atoms with E-state index in [4.69, 9.17) is 0 Å². The second-order valence-electron chi connectivity index (χ2n) is 5.73. The number of carbonyl (C=O) groups is 1. The molecule has 0 aliphatic heterocycles. The molecule has 0 spiro atoms. The standard InChI is InChI=1S/C18H22N2O/c1-4-18(2,3)20-17(21)15-12-8-9-13-16(15)19-14-10-6-5-7-11-14/h5-13,19H,4H2,1-3H3,(H,20,21). The molecule has 0 aliphatic carbocycles. The molecule has 3 nitrogen and oxygen atoms in total. The molecule has 0 aliphatic rings. The van der Waals surface area contributed by atoms with Crippen molar-refractivity contribution in [3.05, 3.63) is 60.2 Å². The van der Waals surface area contributed by atoms with Gasteiger partial charge in [0, 0.05) is 11.2 Å². The topological polar surface area (TPSA) is 41.1 Å². The largest absolute Gasteiger partial charge is 0.355 e. The zero-order chi connectivity index (χ0) is 15.3. The Morgan fingerprint density at radius 3 is 2.29 bits per heavy atom. The number of rotatable bonds is 5. The molecule has 110 valence electrons. The molecule has 21 heavy (non-hydrogen) atoms.